The van der Waals surface area contributed by atoms with Crippen molar-refractivity contribution in [2.24, 2.45) is 0 Å². The highest BCUT2D eigenvalue weighted by Gasteiger charge is 2.15. The molecule has 0 saturated heterocycles. The summed E-state index contributed by atoms with van der Waals surface area (Å²) in [4.78, 5) is 22.5. The molecule has 7 heteroatoms. The number of aryl methyl sites for hydroxylation is 3. The average Bonchev–Trinajstić information content (AvgIpc) is 3.33. The lowest BCUT2D eigenvalue weighted by Gasteiger charge is -2.06. The highest BCUT2D eigenvalue weighted by molar-refractivity contribution is 7.11. The Hall–Kier alpha value is -2.18. The predicted molar refractivity (Wildman–Crippen MR) is 111 cm³/mol. The monoisotopic (exact) mass is 415 g/mol. The lowest BCUT2D eigenvalue weighted by molar-refractivity contribution is -0.121. The molecule has 146 valence electrons. The van der Waals surface area contributed by atoms with Gasteiger partial charge in [0.15, 0.2) is 11.7 Å². The van der Waals surface area contributed by atoms with Crippen LogP contribution < -0.4 is 5.32 Å². The van der Waals surface area contributed by atoms with Crippen LogP contribution in [0.1, 0.15) is 40.7 Å². The van der Waals surface area contributed by atoms with E-state index in [0.29, 0.717) is 36.1 Å². The van der Waals surface area contributed by atoms with Gasteiger partial charge in [-0.25, -0.2) is 9.97 Å². The normalized spacial score (nSPS) is 13.3. The Morgan fingerprint density at radius 1 is 1.18 bits per heavy atom. The van der Waals surface area contributed by atoms with Crippen molar-refractivity contribution in [2.45, 2.75) is 44.9 Å². The highest BCUT2D eigenvalue weighted by atomic mass is 35.5. The van der Waals surface area contributed by atoms with E-state index in [1.165, 1.54) is 23.4 Å². The second-order valence-electron chi connectivity index (χ2n) is 6.91. The van der Waals surface area contributed by atoms with E-state index in [-0.39, 0.29) is 5.91 Å². The number of aromatic nitrogens is 2. The van der Waals surface area contributed by atoms with Gasteiger partial charge in [0.25, 0.3) is 0 Å². The molecule has 3 aromatic rings. The lowest BCUT2D eigenvalue weighted by Crippen LogP contribution is -2.25. The fraction of sp³-hybridized carbons (Fsp3) is 0.381. The van der Waals surface area contributed by atoms with E-state index in [1.54, 1.807) is 17.5 Å². The number of benzene rings is 1. The van der Waals surface area contributed by atoms with Crippen molar-refractivity contribution in [3.05, 3.63) is 57.0 Å². The highest BCUT2D eigenvalue weighted by Crippen LogP contribution is 2.26. The molecular formula is C21H22ClN3O2S. The number of hydrogen-bond acceptors (Lipinski definition) is 5. The van der Waals surface area contributed by atoms with Crippen LogP contribution in [-0.4, -0.2) is 22.4 Å². The summed E-state index contributed by atoms with van der Waals surface area (Å²) in [5, 5.41) is 4.78. The zero-order valence-corrected chi connectivity index (χ0v) is 17.1. The minimum atomic E-state index is 0.00700. The number of halogens is 1. The first-order valence-corrected chi connectivity index (χ1v) is 10.8. The summed E-state index contributed by atoms with van der Waals surface area (Å²) in [5.41, 5.74) is 2.19. The molecule has 1 aromatic carbocycles. The first-order chi connectivity index (χ1) is 13.7. The van der Waals surface area contributed by atoms with E-state index in [9.17, 15) is 4.79 Å². The molecule has 1 aliphatic carbocycles. The number of nitrogens with zero attached hydrogens (tertiary/aromatic N) is 2. The molecule has 1 aliphatic rings. The van der Waals surface area contributed by atoms with E-state index in [0.717, 1.165) is 29.8 Å². The van der Waals surface area contributed by atoms with Gasteiger partial charge in [0.2, 0.25) is 5.91 Å². The number of fused-ring (bicyclic) bond motifs is 1. The molecule has 0 unspecified atom stereocenters. The molecule has 0 aliphatic heterocycles. The van der Waals surface area contributed by atoms with Crippen LogP contribution in [0.4, 0.5) is 0 Å². The maximum atomic E-state index is 12.1. The zero-order chi connectivity index (χ0) is 19.3. The smallest absolute Gasteiger partial charge is 0.220 e. The number of nitrogens with one attached hydrogen (secondary N) is 1. The minimum absolute atomic E-state index is 0.00700. The Labute approximate surface area is 173 Å². The molecule has 5 nitrogen and oxygen atoms in total. The van der Waals surface area contributed by atoms with Gasteiger partial charge in [-0.15, -0.1) is 11.3 Å². The van der Waals surface area contributed by atoms with Gasteiger partial charge in [-0.3, -0.25) is 4.79 Å². The van der Waals surface area contributed by atoms with Gasteiger partial charge in [-0.1, -0.05) is 11.6 Å². The fourth-order valence-electron chi connectivity index (χ4n) is 3.30. The maximum absolute atomic E-state index is 12.1. The zero-order valence-electron chi connectivity index (χ0n) is 15.5. The first kappa shape index (κ1) is 19.2. The quantitative estimate of drug-likeness (QED) is 0.611. The Kier molecular flexibility index (Phi) is 6.07. The minimum Gasteiger partial charge on any atom is -0.441 e. The Morgan fingerprint density at radius 3 is 2.82 bits per heavy atom. The number of oxazole rings is 1. The fourth-order valence-corrected chi connectivity index (χ4v) is 4.59. The Balaban J connectivity index is 1.21. The molecule has 28 heavy (non-hydrogen) atoms. The number of carbonyl (C=O) groups excluding carboxylic acids is 1. The SMILES string of the molecule is O=C(CCc1ncc(-c2ccc(Cl)cc2)o1)NCCc1nc2c(s1)CCCC2. The van der Waals surface area contributed by atoms with Crippen molar-refractivity contribution in [3.8, 4) is 11.3 Å². The van der Waals surface area contributed by atoms with Crippen LogP contribution in [0.2, 0.25) is 5.02 Å². The van der Waals surface area contributed by atoms with Crippen LogP contribution in [0, 0.1) is 0 Å². The topological polar surface area (TPSA) is 68.0 Å². The van der Waals surface area contributed by atoms with Gasteiger partial charge in [0.05, 0.1) is 16.9 Å². The van der Waals surface area contributed by atoms with Crippen molar-refractivity contribution in [1.29, 1.82) is 0 Å². The summed E-state index contributed by atoms with van der Waals surface area (Å²) in [6.45, 7) is 0.618. The summed E-state index contributed by atoms with van der Waals surface area (Å²) in [7, 11) is 0. The molecule has 2 aromatic heterocycles. The van der Waals surface area contributed by atoms with E-state index >= 15 is 0 Å². The van der Waals surface area contributed by atoms with Crippen LogP contribution in [0.3, 0.4) is 0 Å². The third-order valence-electron chi connectivity index (χ3n) is 4.80. The molecule has 2 heterocycles. The number of carbonyl (C=O) groups is 1. The number of hydrogen-bond donors (Lipinski definition) is 1. The van der Waals surface area contributed by atoms with Gasteiger partial charge < -0.3 is 9.73 Å². The summed E-state index contributed by atoms with van der Waals surface area (Å²) in [5.74, 6) is 1.25. The molecule has 4 rings (SSSR count). The van der Waals surface area contributed by atoms with Crippen LogP contribution in [-0.2, 0) is 30.5 Å². The van der Waals surface area contributed by atoms with Crippen molar-refractivity contribution >= 4 is 28.8 Å². The summed E-state index contributed by atoms with van der Waals surface area (Å²) < 4.78 is 5.74. The van der Waals surface area contributed by atoms with Gasteiger partial charge >= 0.3 is 0 Å². The summed E-state index contributed by atoms with van der Waals surface area (Å²) in [6.07, 6.45) is 8.09. The second kappa shape index (κ2) is 8.88. The third kappa shape index (κ3) is 4.80. The standard InChI is InChI=1S/C21H22ClN3O2S/c22-15-7-5-14(6-8-15)17-13-24-20(27-17)10-9-19(26)23-12-11-21-25-16-3-1-2-4-18(16)28-21/h5-8,13H,1-4,9-12H2,(H,23,26). The van der Waals surface area contributed by atoms with E-state index in [1.807, 2.05) is 24.3 Å². The molecule has 0 saturated carbocycles. The molecule has 0 spiro atoms. The molecule has 0 radical (unpaired) electrons. The van der Waals surface area contributed by atoms with E-state index < -0.39 is 0 Å². The number of amides is 1. The summed E-state index contributed by atoms with van der Waals surface area (Å²) in [6, 6.07) is 7.39. The molecule has 0 fully saturated rings. The van der Waals surface area contributed by atoms with Gasteiger partial charge in [-0.2, -0.15) is 0 Å². The number of rotatable bonds is 7. The Morgan fingerprint density at radius 2 is 2.00 bits per heavy atom. The molecule has 1 N–H and O–H groups in total. The maximum Gasteiger partial charge on any atom is 0.220 e. The Bertz CT molecular complexity index is 925. The largest absolute Gasteiger partial charge is 0.441 e. The van der Waals surface area contributed by atoms with Crippen molar-refractivity contribution in [1.82, 2.24) is 15.3 Å². The molecule has 0 atom stereocenters. The lowest BCUT2D eigenvalue weighted by atomic mass is 10.0. The van der Waals surface area contributed by atoms with Crippen LogP contribution >= 0.6 is 22.9 Å². The van der Waals surface area contributed by atoms with E-state index in [4.69, 9.17) is 21.0 Å². The van der Waals surface area contributed by atoms with Gasteiger partial charge in [0.1, 0.15) is 0 Å². The predicted octanol–water partition coefficient (Wildman–Crippen LogP) is 4.62. The van der Waals surface area contributed by atoms with Crippen molar-refractivity contribution < 1.29 is 9.21 Å². The van der Waals surface area contributed by atoms with Crippen molar-refractivity contribution in [3.63, 3.8) is 0 Å². The second-order valence-corrected chi connectivity index (χ2v) is 8.51. The third-order valence-corrected chi connectivity index (χ3v) is 6.27. The summed E-state index contributed by atoms with van der Waals surface area (Å²) >= 11 is 7.71. The van der Waals surface area contributed by atoms with Crippen LogP contribution in [0.5, 0.6) is 0 Å². The van der Waals surface area contributed by atoms with E-state index in [2.05, 4.69) is 10.3 Å². The van der Waals surface area contributed by atoms with Crippen LogP contribution in [0.25, 0.3) is 11.3 Å². The average molecular weight is 416 g/mol. The van der Waals surface area contributed by atoms with Crippen LogP contribution in [0.15, 0.2) is 34.9 Å². The van der Waals surface area contributed by atoms with Gasteiger partial charge in [-0.05, 0) is 49.9 Å². The van der Waals surface area contributed by atoms with Crippen molar-refractivity contribution in [2.75, 3.05) is 6.54 Å². The van der Waals surface area contributed by atoms with Gasteiger partial charge in [0, 0.05) is 41.3 Å². The first-order valence-electron chi connectivity index (χ1n) is 9.62. The number of thiazole rings is 1. The molecule has 1 amide bonds. The molecule has 0 bridgehead atoms. The molecular weight excluding hydrogens is 394 g/mol.